The molecule has 32 heavy (non-hydrogen) atoms. The SMILES string of the molecule is N#C/C(=C\N=C1S[C@@H]2CS(=O)(=O)C[C@@H]2N1Cc1ccc(Cl)cc1)C(=O)NCc1ccco1. The first-order valence-electron chi connectivity index (χ1n) is 9.71. The summed E-state index contributed by atoms with van der Waals surface area (Å²) in [4.78, 5) is 18.7. The molecule has 4 rings (SSSR count). The van der Waals surface area contributed by atoms with E-state index in [4.69, 9.17) is 16.0 Å². The number of fused-ring (bicyclic) bond motifs is 1. The number of rotatable bonds is 6. The van der Waals surface area contributed by atoms with Gasteiger partial charge in [-0.3, -0.25) is 4.79 Å². The first-order chi connectivity index (χ1) is 15.3. The van der Waals surface area contributed by atoms with Crippen molar-refractivity contribution in [2.45, 2.75) is 24.4 Å². The molecule has 1 amide bonds. The van der Waals surface area contributed by atoms with E-state index in [-0.39, 0.29) is 34.9 Å². The minimum atomic E-state index is -3.12. The van der Waals surface area contributed by atoms with Crippen LogP contribution in [0, 0.1) is 11.3 Å². The molecule has 0 spiro atoms. The number of amides is 1. The van der Waals surface area contributed by atoms with E-state index in [2.05, 4.69) is 10.3 Å². The number of nitrogens with zero attached hydrogens (tertiary/aromatic N) is 3. The van der Waals surface area contributed by atoms with Crippen molar-refractivity contribution in [2.75, 3.05) is 11.5 Å². The van der Waals surface area contributed by atoms with Crippen LogP contribution in [-0.4, -0.2) is 47.2 Å². The molecule has 1 aromatic heterocycles. The summed E-state index contributed by atoms with van der Waals surface area (Å²) in [6.45, 7) is 0.598. The molecule has 2 aromatic rings. The van der Waals surface area contributed by atoms with Gasteiger partial charge in [0.25, 0.3) is 5.91 Å². The summed E-state index contributed by atoms with van der Waals surface area (Å²) in [5, 5.41) is 13.1. The molecule has 2 atom stereocenters. The van der Waals surface area contributed by atoms with Crippen LogP contribution in [0.25, 0.3) is 0 Å². The fraction of sp³-hybridized carbons (Fsp3) is 0.286. The molecular formula is C21H19ClN4O4S2. The van der Waals surface area contributed by atoms with E-state index in [1.165, 1.54) is 24.2 Å². The molecule has 0 bridgehead atoms. The van der Waals surface area contributed by atoms with Crippen LogP contribution < -0.4 is 5.32 Å². The number of nitrogens with one attached hydrogen (secondary N) is 1. The summed E-state index contributed by atoms with van der Waals surface area (Å²) in [5.74, 6) is 0.131. The third-order valence-electron chi connectivity index (χ3n) is 5.11. The van der Waals surface area contributed by atoms with Crippen molar-refractivity contribution in [1.29, 1.82) is 5.26 Å². The van der Waals surface area contributed by atoms with Gasteiger partial charge < -0.3 is 14.6 Å². The van der Waals surface area contributed by atoms with E-state index in [1.807, 2.05) is 23.1 Å². The molecule has 1 N–H and O–H groups in total. The van der Waals surface area contributed by atoms with Gasteiger partial charge in [-0.05, 0) is 29.8 Å². The number of carbonyl (C=O) groups is 1. The second kappa shape index (κ2) is 9.40. The number of nitriles is 1. The van der Waals surface area contributed by atoms with E-state index in [0.29, 0.717) is 22.5 Å². The molecule has 11 heteroatoms. The predicted octanol–water partition coefficient (Wildman–Crippen LogP) is 2.73. The van der Waals surface area contributed by atoms with Gasteiger partial charge in [0, 0.05) is 16.8 Å². The Morgan fingerprint density at radius 2 is 2.12 bits per heavy atom. The Morgan fingerprint density at radius 3 is 2.81 bits per heavy atom. The number of benzene rings is 1. The molecule has 2 aliphatic rings. The van der Waals surface area contributed by atoms with E-state index >= 15 is 0 Å². The third-order valence-corrected chi connectivity index (χ3v) is 8.63. The quantitative estimate of drug-likeness (QED) is 0.488. The van der Waals surface area contributed by atoms with Crippen molar-refractivity contribution in [3.05, 3.63) is 70.8 Å². The molecule has 8 nitrogen and oxygen atoms in total. The van der Waals surface area contributed by atoms with Crippen molar-refractivity contribution >= 4 is 44.3 Å². The second-order valence-corrected chi connectivity index (χ2v) is 11.2. The summed E-state index contributed by atoms with van der Waals surface area (Å²) in [7, 11) is -3.12. The van der Waals surface area contributed by atoms with Gasteiger partial charge in [-0.25, -0.2) is 13.4 Å². The van der Waals surface area contributed by atoms with Crippen molar-refractivity contribution in [2.24, 2.45) is 4.99 Å². The maximum absolute atomic E-state index is 12.3. The van der Waals surface area contributed by atoms with Crippen LogP contribution in [0.2, 0.25) is 5.02 Å². The minimum absolute atomic E-state index is 0.0513. The zero-order valence-corrected chi connectivity index (χ0v) is 19.2. The molecule has 0 saturated carbocycles. The van der Waals surface area contributed by atoms with Crippen LogP contribution in [0.15, 0.2) is 63.8 Å². The molecule has 166 valence electrons. The monoisotopic (exact) mass is 490 g/mol. The molecular weight excluding hydrogens is 472 g/mol. The normalized spacial score (nSPS) is 23.2. The van der Waals surface area contributed by atoms with Gasteiger partial charge in [0.1, 0.15) is 17.4 Å². The zero-order chi connectivity index (χ0) is 22.7. The Bertz CT molecular complexity index is 1200. The van der Waals surface area contributed by atoms with Gasteiger partial charge in [-0.15, -0.1) is 0 Å². The Morgan fingerprint density at radius 1 is 1.34 bits per heavy atom. The van der Waals surface area contributed by atoms with E-state index in [0.717, 1.165) is 5.56 Å². The molecule has 0 unspecified atom stereocenters. The Labute approximate surface area is 194 Å². The van der Waals surface area contributed by atoms with Gasteiger partial charge in [-0.2, -0.15) is 5.26 Å². The Kier molecular flexibility index (Phi) is 6.60. The van der Waals surface area contributed by atoms with Gasteiger partial charge in [0.05, 0.1) is 36.6 Å². The smallest absolute Gasteiger partial charge is 0.263 e. The average Bonchev–Trinajstić information content (AvgIpc) is 3.45. The molecule has 2 saturated heterocycles. The highest BCUT2D eigenvalue weighted by Crippen LogP contribution is 2.39. The number of carbonyl (C=O) groups excluding carboxylic acids is 1. The van der Waals surface area contributed by atoms with Gasteiger partial charge in [-0.1, -0.05) is 35.5 Å². The largest absolute Gasteiger partial charge is 0.467 e. The highest BCUT2D eigenvalue weighted by Gasteiger charge is 2.48. The van der Waals surface area contributed by atoms with Crippen LogP contribution in [-0.2, 0) is 27.7 Å². The van der Waals surface area contributed by atoms with Crippen molar-refractivity contribution < 1.29 is 17.6 Å². The van der Waals surface area contributed by atoms with Crippen LogP contribution in [0.4, 0.5) is 0 Å². The number of hydrogen-bond acceptors (Lipinski definition) is 7. The Balaban J connectivity index is 1.54. The number of sulfone groups is 1. The van der Waals surface area contributed by atoms with E-state index in [9.17, 15) is 18.5 Å². The highest BCUT2D eigenvalue weighted by atomic mass is 35.5. The lowest BCUT2D eigenvalue weighted by atomic mass is 10.1. The van der Waals surface area contributed by atoms with Gasteiger partial charge >= 0.3 is 0 Å². The average molecular weight is 491 g/mol. The summed E-state index contributed by atoms with van der Waals surface area (Å²) in [5.41, 5.74) is 0.800. The van der Waals surface area contributed by atoms with Crippen molar-refractivity contribution in [3.8, 4) is 6.07 Å². The highest BCUT2D eigenvalue weighted by molar-refractivity contribution is 8.15. The van der Waals surface area contributed by atoms with Crippen LogP contribution in [0.3, 0.4) is 0 Å². The van der Waals surface area contributed by atoms with Crippen LogP contribution >= 0.6 is 23.4 Å². The Hall–Kier alpha value is -2.74. The lowest BCUT2D eigenvalue weighted by Crippen LogP contribution is -2.36. The molecule has 2 fully saturated rings. The predicted molar refractivity (Wildman–Crippen MR) is 123 cm³/mol. The van der Waals surface area contributed by atoms with Gasteiger partial charge in [0.15, 0.2) is 15.0 Å². The fourth-order valence-electron chi connectivity index (χ4n) is 3.55. The summed E-state index contributed by atoms with van der Waals surface area (Å²) in [6, 6.07) is 12.4. The number of furan rings is 1. The number of aliphatic imine (C=N–C) groups is 1. The van der Waals surface area contributed by atoms with Crippen LogP contribution in [0.1, 0.15) is 11.3 Å². The fourth-order valence-corrected chi connectivity index (χ4v) is 7.61. The number of hydrogen-bond donors (Lipinski definition) is 1. The van der Waals surface area contributed by atoms with Crippen molar-refractivity contribution in [1.82, 2.24) is 10.2 Å². The lowest BCUT2D eigenvalue weighted by molar-refractivity contribution is -0.117. The van der Waals surface area contributed by atoms with E-state index in [1.54, 1.807) is 24.3 Å². The standard InChI is InChI=1S/C21H19ClN4O4S2/c22-16-5-3-14(4-6-16)11-26-18-12-32(28,29)13-19(18)31-21(26)25-9-15(8-23)20(27)24-10-17-2-1-7-30-17/h1-7,9,18-19H,10-13H2,(H,24,27)/b15-9+,25-21?/t18-,19+/m0/s1. The van der Waals surface area contributed by atoms with Crippen LogP contribution in [0.5, 0.6) is 0 Å². The summed E-state index contributed by atoms with van der Waals surface area (Å²) < 4.78 is 29.5. The minimum Gasteiger partial charge on any atom is -0.467 e. The maximum Gasteiger partial charge on any atom is 0.263 e. The molecule has 0 radical (unpaired) electrons. The molecule has 1 aromatic carbocycles. The first kappa shape index (κ1) is 22.5. The molecule has 2 aliphatic heterocycles. The van der Waals surface area contributed by atoms with E-state index < -0.39 is 15.7 Å². The first-order valence-corrected chi connectivity index (χ1v) is 12.8. The summed E-state index contributed by atoms with van der Waals surface area (Å²) in [6.07, 6.45) is 2.72. The lowest BCUT2D eigenvalue weighted by Gasteiger charge is -2.24. The molecule has 3 heterocycles. The number of amidine groups is 1. The number of halogens is 1. The maximum atomic E-state index is 12.3. The van der Waals surface area contributed by atoms with Crippen molar-refractivity contribution in [3.63, 3.8) is 0 Å². The number of thioether (sulfide) groups is 1. The van der Waals surface area contributed by atoms with Gasteiger partial charge in [0.2, 0.25) is 0 Å². The molecule has 0 aliphatic carbocycles. The topological polar surface area (TPSA) is 116 Å². The third kappa shape index (κ3) is 5.18. The summed E-state index contributed by atoms with van der Waals surface area (Å²) >= 11 is 7.33. The second-order valence-electron chi connectivity index (χ2n) is 7.38. The zero-order valence-electron chi connectivity index (χ0n) is 16.8.